The number of anilines is 2. The largest absolute Gasteiger partial charge is 0.326 e. The predicted octanol–water partition coefficient (Wildman–Crippen LogP) is 2.34. The molecule has 1 aliphatic rings. The van der Waals surface area contributed by atoms with Crippen molar-refractivity contribution in [3.05, 3.63) is 46.8 Å². The third-order valence-corrected chi connectivity index (χ3v) is 4.40. The molecule has 0 radical (unpaired) electrons. The maximum absolute atomic E-state index is 12.8. The molecule has 0 spiro atoms. The lowest BCUT2D eigenvalue weighted by Gasteiger charge is -2.14. The minimum absolute atomic E-state index is 0.0556. The van der Waals surface area contributed by atoms with Crippen LogP contribution in [0, 0.1) is 13.8 Å². The number of carbonyl (C=O) groups is 3. The second kappa shape index (κ2) is 6.59. The van der Waals surface area contributed by atoms with E-state index in [2.05, 4.69) is 10.4 Å². The third kappa shape index (κ3) is 3.15. The standard InChI is InChI=1S/C19H20N4O3/c1-11-17(12(2)22(4)21-11)9-14-10-18(25)23(19(14)26)16-7-5-15(6-8-16)20-13(3)24/h5-9H,10H2,1-4H3,(H,20,24). The number of imide groups is 1. The van der Waals surface area contributed by atoms with E-state index in [9.17, 15) is 14.4 Å². The van der Waals surface area contributed by atoms with E-state index in [1.807, 2.05) is 20.9 Å². The molecule has 2 heterocycles. The van der Waals surface area contributed by atoms with E-state index in [4.69, 9.17) is 0 Å². The lowest BCUT2D eigenvalue weighted by Crippen LogP contribution is -2.28. The maximum Gasteiger partial charge on any atom is 0.261 e. The molecule has 26 heavy (non-hydrogen) atoms. The van der Waals surface area contributed by atoms with Crippen molar-refractivity contribution in [1.29, 1.82) is 0 Å². The third-order valence-electron chi connectivity index (χ3n) is 4.40. The zero-order chi connectivity index (χ0) is 19.0. The van der Waals surface area contributed by atoms with Gasteiger partial charge in [0.05, 0.1) is 17.8 Å². The maximum atomic E-state index is 12.8. The summed E-state index contributed by atoms with van der Waals surface area (Å²) in [6.07, 6.45) is 1.81. The second-order valence-corrected chi connectivity index (χ2v) is 6.32. The summed E-state index contributed by atoms with van der Waals surface area (Å²) in [4.78, 5) is 37.4. The first-order valence-electron chi connectivity index (χ1n) is 8.23. The number of rotatable bonds is 3. The van der Waals surface area contributed by atoms with Gasteiger partial charge in [0.2, 0.25) is 11.8 Å². The highest BCUT2D eigenvalue weighted by molar-refractivity contribution is 6.29. The number of benzene rings is 1. The molecule has 134 valence electrons. The number of carbonyl (C=O) groups excluding carboxylic acids is 3. The Bertz CT molecular complexity index is 938. The van der Waals surface area contributed by atoms with E-state index in [1.54, 1.807) is 35.0 Å². The van der Waals surface area contributed by atoms with Gasteiger partial charge >= 0.3 is 0 Å². The fraction of sp³-hybridized carbons (Fsp3) is 0.263. The first-order chi connectivity index (χ1) is 12.3. The highest BCUT2D eigenvalue weighted by Crippen LogP contribution is 2.29. The van der Waals surface area contributed by atoms with Gasteiger partial charge < -0.3 is 5.32 Å². The molecular formula is C19H20N4O3. The van der Waals surface area contributed by atoms with Crippen LogP contribution < -0.4 is 10.2 Å². The average molecular weight is 352 g/mol. The first-order valence-corrected chi connectivity index (χ1v) is 8.23. The number of amides is 3. The van der Waals surface area contributed by atoms with Crippen LogP contribution in [-0.4, -0.2) is 27.5 Å². The van der Waals surface area contributed by atoms with Gasteiger partial charge in [-0.3, -0.25) is 19.1 Å². The Labute approximate surface area is 151 Å². The second-order valence-electron chi connectivity index (χ2n) is 6.32. The minimum Gasteiger partial charge on any atom is -0.326 e. The van der Waals surface area contributed by atoms with Gasteiger partial charge in [-0.05, 0) is 44.2 Å². The summed E-state index contributed by atoms with van der Waals surface area (Å²) in [5, 5.41) is 6.99. The summed E-state index contributed by atoms with van der Waals surface area (Å²) in [7, 11) is 1.84. The molecule has 3 amide bonds. The zero-order valence-electron chi connectivity index (χ0n) is 15.2. The van der Waals surface area contributed by atoms with Gasteiger partial charge in [-0.1, -0.05) is 0 Å². The van der Waals surface area contributed by atoms with E-state index < -0.39 is 0 Å². The molecule has 7 heteroatoms. The van der Waals surface area contributed by atoms with Gasteiger partial charge in [-0.15, -0.1) is 0 Å². The van der Waals surface area contributed by atoms with Crippen LogP contribution in [0.4, 0.5) is 11.4 Å². The molecule has 1 saturated heterocycles. The van der Waals surface area contributed by atoms with Crippen molar-refractivity contribution in [3.8, 4) is 0 Å². The molecule has 1 aliphatic heterocycles. The Morgan fingerprint density at radius 3 is 2.38 bits per heavy atom. The molecule has 7 nitrogen and oxygen atoms in total. The van der Waals surface area contributed by atoms with Crippen LogP contribution in [0.5, 0.6) is 0 Å². The van der Waals surface area contributed by atoms with E-state index >= 15 is 0 Å². The van der Waals surface area contributed by atoms with E-state index in [-0.39, 0.29) is 24.1 Å². The molecule has 3 rings (SSSR count). The zero-order valence-corrected chi connectivity index (χ0v) is 15.2. The Morgan fingerprint density at radius 2 is 1.85 bits per heavy atom. The molecule has 1 aromatic heterocycles. The Morgan fingerprint density at radius 1 is 1.19 bits per heavy atom. The van der Waals surface area contributed by atoms with Gasteiger partial charge in [0, 0.05) is 36.5 Å². The van der Waals surface area contributed by atoms with E-state index in [0.717, 1.165) is 17.0 Å². The monoisotopic (exact) mass is 352 g/mol. The summed E-state index contributed by atoms with van der Waals surface area (Å²) in [5.74, 6) is -0.781. The Balaban J connectivity index is 1.89. The number of hydrogen-bond donors (Lipinski definition) is 1. The van der Waals surface area contributed by atoms with Crippen molar-refractivity contribution in [2.75, 3.05) is 10.2 Å². The Hall–Kier alpha value is -3.22. The molecule has 1 N–H and O–H groups in total. The molecule has 1 aromatic carbocycles. The number of nitrogens with one attached hydrogen (secondary N) is 1. The van der Waals surface area contributed by atoms with Crippen molar-refractivity contribution in [2.24, 2.45) is 7.05 Å². The molecule has 1 fully saturated rings. The quantitative estimate of drug-likeness (QED) is 0.679. The molecule has 0 atom stereocenters. The van der Waals surface area contributed by atoms with Crippen molar-refractivity contribution in [2.45, 2.75) is 27.2 Å². The molecule has 2 aromatic rings. The summed E-state index contributed by atoms with van der Waals surface area (Å²) in [6.45, 7) is 5.21. The van der Waals surface area contributed by atoms with Gasteiger partial charge in [-0.25, -0.2) is 4.90 Å². The van der Waals surface area contributed by atoms with Crippen LogP contribution >= 0.6 is 0 Å². The predicted molar refractivity (Wildman–Crippen MR) is 98.5 cm³/mol. The molecular weight excluding hydrogens is 332 g/mol. The minimum atomic E-state index is -0.329. The van der Waals surface area contributed by atoms with Gasteiger partial charge in [0.15, 0.2) is 0 Å². The fourth-order valence-corrected chi connectivity index (χ4v) is 3.02. The smallest absolute Gasteiger partial charge is 0.261 e. The van der Waals surface area contributed by atoms with Crippen LogP contribution in [-0.2, 0) is 21.4 Å². The van der Waals surface area contributed by atoms with Crippen LogP contribution in [0.15, 0.2) is 29.8 Å². The van der Waals surface area contributed by atoms with Crippen LogP contribution in [0.25, 0.3) is 6.08 Å². The van der Waals surface area contributed by atoms with E-state index in [0.29, 0.717) is 16.9 Å². The average Bonchev–Trinajstić information content (AvgIpc) is 2.98. The van der Waals surface area contributed by atoms with Crippen LogP contribution in [0.1, 0.15) is 30.3 Å². The summed E-state index contributed by atoms with van der Waals surface area (Å²) in [5.41, 5.74) is 4.16. The van der Waals surface area contributed by atoms with Crippen LogP contribution in [0.3, 0.4) is 0 Å². The lowest BCUT2D eigenvalue weighted by molar-refractivity contribution is -0.120. The highest BCUT2D eigenvalue weighted by Gasteiger charge is 2.35. The normalized spacial score (nSPS) is 15.8. The molecule has 0 unspecified atom stereocenters. The van der Waals surface area contributed by atoms with Crippen molar-refractivity contribution in [1.82, 2.24) is 9.78 Å². The molecule has 0 bridgehead atoms. The number of aromatic nitrogens is 2. The topological polar surface area (TPSA) is 84.3 Å². The van der Waals surface area contributed by atoms with Crippen molar-refractivity contribution >= 4 is 35.2 Å². The van der Waals surface area contributed by atoms with Gasteiger partial charge in [0.25, 0.3) is 5.91 Å². The molecule has 0 saturated carbocycles. The SMILES string of the molecule is CC(=O)Nc1ccc(N2C(=O)CC(=Cc3c(C)nn(C)c3C)C2=O)cc1. The Kier molecular flexibility index (Phi) is 4.46. The highest BCUT2D eigenvalue weighted by atomic mass is 16.2. The number of nitrogens with zero attached hydrogens (tertiary/aromatic N) is 3. The first kappa shape index (κ1) is 17.6. The molecule has 0 aliphatic carbocycles. The summed E-state index contributed by atoms with van der Waals surface area (Å²) < 4.78 is 1.75. The lowest BCUT2D eigenvalue weighted by atomic mass is 10.1. The fourth-order valence-electron chi connectivity index (χ4n) is 3.02. The van der Waals surface area contributed by atoms with Crippen molar-refractivity contribution in [3.63, 3.8) is 0 Å². The van der Waals surface area contributed by atoms with E-state index in [1.165, 1.54) is 11.8 Å². The van der Waals surface area contributed by atoms with Gasteiger partial charge in [-0.2, -0.15) is 5.10 Å². The number of hydrogen-bond acceptors (Lipinski definition) is 4. The summed E-state index contributed by atoms with van der Waals surface area (Å²) >= 11 is 0. The van der Waals surface area contributed by atoms with Crippen LogP contribution in [0.2, 0.25) is 0 Å². The number of aryl methyl sites for hydroxylation is 2. The summed E-state index contributed by atoms with van der Waals surface area (Å²) in [6, 6.07) is 6.61. The van der Waals surface area contributed by atoms with Crippen molar-refractivity contribution < 1.29 is 14.4 Å². The van der Waals surface area contributed by atoms with Gasteiger partial charge in [0.1, 0.15) is 0 Å².